The van der Waals surface area contributed by atoms with Crippen molar-refractivity contribution < 1.29 is 19.0 Å². The quantitative estimate of drug-likeness (QED) is 0.891. The molecule has 0 aromatic heterocycles. The number of halogens is 3. The van der Waals surface area contributed by atoms with Gasteiger partial charge in [0.1, 0.15) is 11.6 Å². The van der Waals surface area contributed by atoms with Gasteiger partial charge in [0.25, 0.3) is 0 Å². The normalized spacial score (nSPS) is 11.7. The average molecular weight is 313 g/mol. The third-order valence-corrected chi connectivity index (χ3v) is 3.88. The van der Waals surface area contributed by atoms with Crippen molar-refractivity contribution >= 4 is 11.6 Å². The molecule has 112 valence electrons. The second-order valence-electron chi connectivity index (χ2n) is 5.03. The summed E-state index contributed by atoms with van der Waals surface area (Å²) in [5, 5.41) is 19.4. The molecule has 0 bridgehead atoms. The summed E-state index contributed by atoms with van der Waals surface area (Å²) >= 11 is 5.75. The molecule has 21 heavy (non-hydrogen) atoms. The molecule has 0 heterocycles. The van der Waals surface area contributed by atoms with Crippen LogP contribution in [0.3, 0.4) is 0 Å². The van der Waals surface area contributed by atoms with Crippen molar-refractivity contribution in [1.82, 2.24) is 0 Å². The Balaban J connectivity index is 2.37. The van der Waals surface area contributed by atoms with E-state index in [1.807, 2.05) is 0 Å². The number of benzene rings is 2. The molecule has 2 aromatic carbocycles. The largest absolute Gasteiger partial charge is 0.395 e. The predicted octanol–water partition coefficient (Wildman–Crippen LogP) is 3.08. The Morgan fingerprint density at radius 1 is 0.952 bits per heavy atom. The van der Waals surface area contributed by atoms with E-state index in [0.29, 0.717) is 11.1 Å². The van der Waals surface area contributed by atoms with Gasteiger partial charge < -0.3 is 10.2 Å². The van der Waals surface area contributed by atoms with Gasteiger partial charge in [0.05, 0.1) is 18.2 Å². The first-order chi connectivity index (χ1) is 10.0. The van der Waals surface area contributed by atoms with Crippen LogP contribution in [0.25, 0.3) is 0 Å². The van der Waals surface area contributed by atoms with Crippen LogP contribution in [0.5, 0.6) is 0 Å². The molecule has 2 N–H and O–H groups in total. The van der Waals surface area contributed by atoms with E-state index in [-0.39, 0.29) is 24.7 Å². The van der Waals surface area contributed by atoms with Crippen LogP contribution in [0.4, 0.5) is 8.78 Å². The number of hydrogen-bond donors (Lipinski definition) is 2. The summed E-state index contributed by atoms with van der Waals surface area (Å²) in [5.74, 6) is -0.922. The molecular weight excluding hydrogens is 298 g/mol. The second kappa shape index (κ2) is 6.52. The van der Waals surface area contributed by atoms with Gasteiger partial charge in [0, 0.05) is 5.41 Å². The smallest absolute Gasteiger partial charge is 0.141 e. The summed E-state index contributed by atoms with van der Waals surface area (Å²) in [6.07, 6.45) is 0.256. The minimum Gasteiger partial charge on any atom is -0.395 e. The van der Waals surface area contributed by atoms with Gasteiger partial charge in [-0.3, -0.25) is 0 Å². The highest BCUT2D eigenvalue weighted by molar-refractivity contribution is 6.30. The molecule has 0 aliphatic rings. The molecule has 0 radical (unpaired) electrons. The molecule has 2 aromatic rings. The maximum atomic E-state index is 13.2. The summed E-state index contributed by atoms with van der Waals surface area (Å²) in [6.45, 7) is -0.658. The fraction of sp³-hybridized carbons (Fsp3) is 0.250. The molecule has 0 fully saturated rings. The van der Waals surface area contributed by atoms with Crippen molar-refractivity contribution in [2.24, 2.45) is 0 Å². The molecule has 0 aliphatic carbocycles. The maximum absolute atomic E-state index is 13.2. The lowest BCUT2D eigenvalue weighted by Gasteiger charge is -2.30. The third kappa shape index (κ3) is 3.40. The van der Waals surface area contributed by atoms with Crippen LogP contribution in [0.15, 0.2) is 42.5 Å². The number of hydrogen-bond acceptors (Lipinski definition) is 2. The molecule has 2 nitrogen and oxygen atoms in total. The van der Waals surface area contributed by atoms with Gasteiger partial charge in [0.2, 0.25) is 0 Å². The van der Waals surface area contributed by atoms with E-state index < -0.39 is 17.0 Å². The fourth-order valence-corrected chi connectivity index (χ4v) is 2.49. The van der Waals surface area contributed by atoms with Crippen LogP contribution < -0.4 is 0 Å². The second-order valence-corrected chi connectivity index (χ2v) is 5.44. The fourth-order valence-electron chi connectivity index (χ4n) is 2.29. The van der Waals surface area contributed by atoms with Gasteiger partial charge in [-0.15, -0.1) is 0 Å². The third-order valence-electron chi connectivity index (χ3n) is 3.59. The van der Waals surface area contributed by atoms with E-state index in [4.69, 9.17) is 11.6 Å². The highest BCUT2D eigenvalue weighted by Gasteiger charge is 2.31. The van der Waals surface area contributed by atoms with E-state index in [2.05, 4.69) is 0 Å². The first-order valence-electron chi connectivity index (χ1n) is 6.42. The van der Waals surface area contributed by atoms with Crippen molar-refractivity contribution in [3.8, 4) is 0 Å². The minimum absolute atomic E-state index is 0.0172. The van der Waals surface area contributed by atoms with Crippen LogP contribution in [-0.4, -0.2) is 23.4 Å². The molecule has 2 rings (SSSR count). The summed E-state index contributed by atoms with van der Waals surface area (Å²) in [7, 11) is 0. The standard InChI is InChI=1S/C16H15ClF2O2/c17-14-7-11(1-6-15(14)19)8-16(9-20,10-21)12-2-4-13(18)5-3-12/h1-7,20-21H,8-10H2. The predicted molar refractivity (Wildman–Crippen MR) is 77.4 cm³/mol. The Kier molecular flexibility index (Phi) is 4.93. The summed E-state index contributed by atoms with van der Waals surface area (Å²) in [5.41, 5.74) is 0.303. The summed E-state index contributed by atoms with van der Waals surface area (Å²) < 4.78 is 26.2. The van der Waals surface area contributed by atoms with Gasteiger partial charge >= 0.3 is 0 Å². The molecule has 0 saturated heterocycles. The topological polar surface area (TPSA) is 40.5 Å². The first-order valence-corrected chi connectivity index (χ1v) is 6.80. The molecular formula is C16H15ClF2O2. The zero-order valence-electron chi connectivity index (χ0n) is 11.2. The van der Waals surface area contributed by atoms with Gasteiger partial charge in [-0.2, -0.15) is 0 Å². The zero-order valence-corrected chi connectivity index (χ0v) is 11.9. The minimum atomic E-state index is -0.977. The molecule has 0 spiro atoms. The Morgan fingerprint density at radius 3 is 2.10 bits per heavy atom. The SMILES string of the molecule is OCC(CO)(Cc1ccc(F)c(Cl)c1)c1ccc(F)cc1. The molecule has 0 atom stereocenters. The molecule has 5 heteroatoms. The lowest BCUT2D eigenvalue weighted by Crippen LogP contribution is -2.37. The van der Waals surface area contributed by atoms with E-state index in [0.717, 1.165) is 0 Å². The van der Waals surface area contributed by atoms with Crippen molar-refractivity contribution in [3.05, 3.63) is 70.2 Å². The lowest BCUT2D eigenvalue weighted by atomic mass is 9.77. The van der Waals surface area contributed by atoms with Crippen LogP contribution in [0.2, 0.25) is 5.02 Å². The summed E-state index contributed by atoms with van der Waals surface area (Å²) in [6, 6.07) is 9.83. The Morgan fingerprint density at radius 2 is 1.57 bits per heavy atom. The van der Waals surface area contributed by atoms with Crippen LogP contribution in [0.1, 0.15) is 11.1 Å². The molecule has 0 aliphatic heterocycles. The Labute approximate surface area is 126 Å². The Bertz CT molecular complexity index is 610. The van der Waals surface area contributed by atoms with E-state index in [1.165, 1.54) is 36.4 Å². The highest BCUT2D eigenvalue weighted by Crippen LogP contribution is 2.29. The average Bonchev–Trinajstić information content (AvgIpc) is 2.49. The maximum Gasteiger partial charge on any atom is 0.141 e. The first kappa shape index (κ1) is 15.9. The zero-order chi connectivity index (χ0) is 15.5. The van der Waals surface area contributed by atoms with Crippen LogP contribution in [0, 0.1) is 11.6 Å². The van der Waals surface area contributed by atoms with Gasteiger partial charge in [-0.05, 0) is 41.8 Å². The van der Waals surface area contributed by atoms with Crippen molar-refractivity contribution in [2.75, 3.05) is 13.2 Å². The van der Waals surface area contributed by atoms with Gasteiger partial charge in [-0.25, -0.2) is 8.78 Å². The van der Waals surface area contributed by atoms with E-state index >= 15 is 0 Å². The van der Waals surface area contributed by atoms with Crippen molar-refractivity contribution in [2.45, 2.75) is 11.8 Å². The monoisotopic (exact) mass is 312 g/mol. The number of aliphatic hydroxyl groups is 2. The molecule has 0 amide bonds. The van der Waals surface area contributed by atoms with Gasteiger partial charge in [0.15, 0.2) is 0 Å². The van der Waals surface area contributed by atoms with E-state index in [1.54, 1.807) is 6.07 Å². The van der Waals surface area contributed by atoms with Crippen LogP contribution >= 0.6 is 11.6 Å². The molecule has 0 unspecified atom stereocenters. The highest BCUT2D eigenvalue weighted by atomic mass is 35.5. The lowest BCUT2D eigenvalue weighted by molar-refractivity contribution is 0.116. The van der Waals surface area contributed by atoms with Crippen LogP contribution in [-0.2, 0) is 11.8 Å². The molecule has 0 saturated carbocycles. The number of rotatable bonds is 5. The summed E-state index contributed by atoms with van der Waals surface area (Å²) in [4.78, 5) is 0. The number of aliphatic hydroxyl groups excluding tert-OH is 2. The van der Waals surface area contributed by atoms with E-state index in [9.17, 15) is 19.0 Å². The van der Waals surface area contributed by atoms with Crippen molar-refractivity contribution in [3.63, 3.8) is 0 Å². The van der Waals surface area contributed by atoms with Crippen molar-refractivity contribution in [1.29, 1.82) is 0 Å². The van der Waals surface area contributed by atoms with Gasteiger partial charge in [-0.1, -0.05) is 29.8 Å². The Hall–Kier alpha value is -1.49.